The van der Waals surface area contributed by atoms with Gasteiger partial charge in [0.05, 0.1) is 11.4 Å². The number of hydrogen-bond donors (Lipinski definition) is 2. The van der Waals surface area contributed by atoms with Gasteiger partial charge in [-0.3, -0.25) is 4.79 Å². The molecule has 1 aromatic carbocycles. The highest BCUT2D eigenvalue weighted by Gasteiger charge is 2.09. The molecular weight excluding hydrogens is 280 g/mol. The molecule has 0 aliphatic carbocycles. The molecule has 1 rings (SSSR count). The molecule has 0 radical (unpaired) electrons. The third kappa shape index (κ3) is 4.38. The highest BCUT2D eigenvalue weighted by Crippen LogP contribution is 2.30. The van der Waals surface area contributed by atoms with Crippen molar-refractivity contribution in [3.8, 4) is 0 Å². The summed E-state index contributed by atoms with van der Waals surface area (Å²) in [5, 5.41) is 2.85. The van der Waals surface area contributed by atoms with Gasteiger partial charge in [-0.2, -0.15) is 0 Å². The van der Waals surface area contributed by atoms with E-state index >= 15 is 0 Å². The summed E-state index contributed by atoms with van der Waals surface area (Å²) in [7, 11) is 0. The fourth-order valence-corrected chi connectivity index (χ4v) is 2.33. The van der Waals surface area contributed by atoms with E-state index < -0.39 is 0 Å². The molecule has 0 saturated carbocycles. The largest absolute Gasteiger partial charge is 0.397 e. The number of nitrogens with one attached hydrogen (secondary N) is 1. The van der Waals surface area contributed by atoms with Crippen LogP contribution in [-0.4, -0.2) is 5.91 Å². The van der Waals surface area contributed by atoms with Gasteiger partial charge in [-0.25, -0.2) is 0 Å². The number of halogens is 1. The molecule has 0 heterocycles. The maximum absolute atomic E-state index is 11.7. The molecule has 3 N–H and O–H groups in total. The molecule has 1 amide bonds. The molecule has 0 atom stereocenters. The minimum absolute atomic E-state index is 0.0229. The lowest BCUT2D eigenvalue weighted by molar-refractivity contribution is -0.116. The van der Waals surface area contributed by atoms with E-state index in [0.717, 1.165) is 29.3 Å². The molecule has 0 bridgehead atoms. The van der Waals surface area contributed by atoms with Crippen molar-refractivity contribution in [3.05, 3.63) is 22.2 Å². The van der Waals surface area contributed by atoms with Gasteiger partial charge in [0.25, 0.3) is 0 Å². The van der Waals surface area contributed by atoms with Crippen molar-refractivity contribution in [2.45, 2.75) is 39.5 Å². The van der Waals surface area contributed by atoms with Crippen molar-refractivity contribution in [3.63, 3.8) is 0 Å². The van der Waals surface area contributed by atoms with Gasteiger partial charge < -0.3 is 11.1 Å². The SMILES string of the molecule is CCCCCC(=O)Nc1c(N)cc(C)cc1Br. The Morgan fingerprint density at radius 3 is 2.71 bits per heavy atom. The van der Waals surface area contributed by atoms with Crippen LogP contribution in [0.3, 0.4) is 0 Å². The fourth-order valence-electron chi connectivity index (χ4n) is 1.64. The molecule has 0 aliphatic heterocycles. The molecular formula is C13H19BrN2O. The Balaban J connectivity index is 2.65. The number of carbonyl (C=O) groups excluding carboxylic acids is 1. The Bertz CT molecular complexity index is 381. The van der Waals surface area contributed by atoms with Crippen LogP contribution in [0.1, 0.15) is 38.2 Å². The van der Waals surface area contributed by atoms with E-state index in [2.05, 4.69) is 28.2 Å². The second-order valence-electron chi connectivity index (χ2n) is 4.22. The average Bonchev–Trinajstić information content (AvgIpc) is 2.24. The second-order valence-corrected chi connectivity index (χ2v) is 5.07. The van der Waals surface area contributed by atoms with Crippen LogP contribution >= 0.6 is 15.9 Å². The molecule has 0 fully saturated rings. The van der Waals surface area contributed by atoms with Gasteiger partial charge in [0.15, 0.2) is 0 Å². The number of nitrogens with two attached hydrogens (primary N) is 1. The lowest BCUT2D eigenvalue weighted by Crippen LogP contribution is -2.13. The summed E-state index contributed by atoms with van der Waals surface area (Å²) >= 11 is 3.41. The van der Waals surface area contributed by atoms with Crippen molar-refractivity contribution in [2.75, 3.05) is 11.1 Å². The van der Waals surface area contributed by atoms with Crippen LogP contribution in [-0.2, 0) is 4.79 Å². The maximum Gasteiger partial charge on any atom is 0.224 e. The Labute approximate surface area is 111 Å². The molecule has 0 unspecified atom stereocenters. The van der Waals surface area contributed by atoms with E-state index in [0.29, 0.717) is 17.8 Å². The summed E-state index contributed by atoms with van der Waals surface area (Å²) in [6.07, 6.45) is 3.67. The Kier molecular flexibility index (Phi) is 5.48. The Morgan fingerprint density at radius 2 is 2.12 bits per heavy atom. The monoisotopic (exact) mass is 298 g/mol. The number of rotatable bonds is 5. The summed E-state index contributed by atoms with van der Waals surface area (Å²) in [6, 6.07) is 3.80. The first kappa shape index (κ1) is 14.0. The van der Waals surface area contributed by atoms with E-state index in [1.54, 1.807) is 0 Å². The zero-order valence-electron chi connectivity index (χ0n) is 10.3. The molecule has 0 aromatic heterocycles. The minimum Gasteiger partial charge on any atom is -0.397 e. The third-order valence-corrected chi connectivity index (χ3v) is 3.16. The number of carbonyl (C=O) groups is 1. The Hall–Kier alpha value is -1.03. The van der Waals surface area contributed by atoms with Crippen LogP contribution in [0.25, 0.3) is 0 Å². The van der Waals surface area contributed by atoms with Crippen LogP contribution in [0.5, 0.6) is 0 Å². The predicted octanol–water partition coefficient (Wildman–Crippen LogP) is 3.86. The van der Waals surface area contributed by atoms with E-state index in [-0.39, 0.29) is 5.91 Å². The number of nitrogen functional groups attached to an aromatic ring is 1. The second kappa shape index (κ2) is 6.64. The zero-order valence-corrected chi connectivity index (χ0v) is 11.9. The molecule has 94 valence electrons. The fraction of sp³-hybridized carbons (Fsp3) is 0.462. The number of aryl methyl sites for hydroxylation is 1. The van der Waals surface area contributed by atoms with Gasteiger partial charge in [-0.1, -0.05) is 19.8 Å². The number of hydrogen-bond acceptors (Lipinski definition) is 2. The molecule has 4 heteroatoms. The number of unbranched alkanes of at least 4 members (excludes halogenated alkanes) is 2. The van der Waals surface area contributed by atoms with Gasteiger partial charge in [0, 0.05) is 10.9 Å². The van der Waals surface area contributed by atoms with E-state index in [9.17, 15) is 4.79 Å². The first-order chi connectivity index (χ1) is 8.04. The zero-order chi connectivity index (χ0) is 12.8. The van der Waals surface area contributed by atoms with Crippen molar-refractivity contribution in [1.29, 1.82) is 0 Å². The molecule has 0 spiro atoms. The van der Waals surface area contributed by atoms with Gasteiger partial charge in [0.1, 0.15) is 0 Å². The number of benzene rings is 1. The minimum atomic E-state index is 0.0229. The van der Waals surface area contributed by atoms with Gasteiger partial charge >= 0.3 is 0 Å². The number of anilines is 2. The summed E-state index contributed by atoms with van der Waals surface area (Å²) in [4.78, 5) is 11.7. The molecule has 0 aliphatic rings. The van der Waals surface area contributed by atoms with Crippen LogP contribution in [0.15, 0.2) is 16.6 Å². The number of amides is 1. The molecule has 0 saturated heterocycles. The first-order valence-electron chi connectivity index (χ1n) is 5.90. The Morgan fingerprint density at radius 1 is 1.41 bits per heavy atom. The van der Waals surface area contributed by atoms with Crippen molar-refractivity contribution in [2.24, 2.45) is 0 Å². The summed E-state index contributed by atoms with van der Waals surface area (Å²) < 4.78 is 0.832. The highest BCUT2D eigenvalue weighted by molar-refractivity contribution is 9.10. The highest BCUT2D eigenvalue weighted by atomic mass is 79.9. The van der Waals surface area contributed by atoms with Crippen LogP contribution in [0.2, 0.25) is 0 Å². The third-order valence-electron chi connectivity index (χ3n) is 2.54. The van der Waals surface area contributed by atoms with Crippen LogP contribution in [0, 0.1) is 6.92 Å². The summed E-state index contributed by atoms with van der Waals surface area (Å²) in [6.45, 7) is 4.08. The van der Waals surface area contributed by atoms with E-state index in [1.807, 2.05) is 19.1 Å². The molecule has 3 nitrogen and oxygen atoms in total. The normalized spacial score (nSPS) is 10.3. The van der Waals surface area contributed by atoms with Crippen molar-refractivity contribution >= 4 is 33.2 Å². The molecule has 1 aromatic rings. The topological polar surface area (TPSA) is 55.1 Å². The van der Waals surface area contributed by atoms with Crippen molar-refractivity contribution in [1.82, 2.24) is 0 Å². The summed E-state index contributed by atoms with van der Waals surface area (Å²) in [5.41, 5.74) is 8.22. The van der Waals surface area contributed by atoms with E-state index in [4.69, 9.17) is 5.73 Å². The smallest absolute Gasteiger partial charge is 0.224 e. The quantitative estimate of drug-likeness (QED) is 0.641. The van der Waals surface area contributed by atoms with E-state index in [1.165, 1.54) is 0 Å². The standard InChI is InChI=1S/C13H19BrN2O/c1-3-4-5-6-12(17)16-13-10(14)7-9(2)8-11(13)15/h7-8H,3-6,15H2,1-2H3,(H,16,17). The average molecular weight is 299 g/mol. The first-order valence-corrected chi connectivity index (χ1v) is 6.69. The van der Waals surface area contributed by atoms with Crippen molar-refractivity contribution < 1.29 is 4.79 Å². The van der Waals surface area contributed by atoms with Gasteiger partial charge in [0.2, 0.25) is 5.91 Å². The lowest BCUT2D eigenvalue weighted by Gasteiger charge is -2.11. The van der Waals surface area contributed by atoms with Crippen LogP contribution < -0.4 is 11.1 Å². The maximum atomic E-state index is 11.7. The van der Waals surface area contributed by atoms with Gasteiger partial charge in [-0.15, -0.1) is 0 Å². The predicted molar refractivity (Wildman–Crippen MR) is 76.1 cm³/mol. The van der Waals surface area contributed by atoms with Crippen LogP contribution in [0.4, 0.5) is 11.4 Å². The summed E-state index contributed by atoms with van der Waals surface area (Å²) in [5.74, 6) is 0.0229. The lowest BCUT2D eigenvalue weighted by atomic mass is 10.1. The van der Waals surface area contributed by atoms with Gasteiger partial charge in [-0.05, 0) is 47.0 Å². The molecule has 17 heavy (non-hydrogen) atoms.